The molecular weight excluding hydrogens is 226 g/mol. The summed E-state index contributed by atoms with van der Waals surface area (Å²) in [6.45, 7) is 3.13. The van der Waals surface area contributed by atoms with E-state index < -0.39 is 0 Å². The summed E-state index contributed by atoms with van der Waals surface area (Å²) in [5.74, 6) is 0. The van der Waals surface area contributed by atoms with Crippen LogP contribution < -0.4 is 5.32 Å². The minimum absolute atomic E-state index is 0.200. The molecule has 0 saturated heterocycles. The van der Waals surface area contributed by atoms with Crippen molar-refractivity contribution >= 4 is 0 Å². The number of likely N-dealkylation sites (N-methyl/N-ethyl adjacent to an activating group) is 2. The van der Waals surface area contributed by atoms with Gasteiger partial charge < -0.3 is 10.2 Å². The van der Waals surface area contributed by atoms with E-state index in [1.54, 1.807) is 0 Å². The summed E-state index contributed by atoms with van der Waals surface area (Å²) in [6, 6.07) is 0.306. The van der Waals surface area contributed by atoms with E-state index in [9.17, 15) is 0 Å². The molecule has 5 nitrogen and oxygen atoms in total. The van der Waals surface area contributed by atoms with Gasteiger partial charge in [-0.3, -0.25) is 4.68 Å². The van der Waals surface area contributed by atoms with Crippen LogP contribution in [0.25, 0.3) is 0 Å². The van der Waals surface area contributed by atoms with E-state index in [2.05, 4.69) is 41.5 Å². The average Bonchev–Trinajstić information content (AvgIpc) is 2.95. The molecule has 1 heterocycles. The predicted molar refractivity (Wildman–Crippen MR) is 72.3 cm³/mol. The smallest absolute Gasteiger partial charge is 0.0772 e. The van der Waals surface area contributed by atoms with Crippen LogP contribution in [0.1, 0.15) is 44.3 Å². The van der Waals surface area contributed by atoms with Crippen molar-refractivity contribution in [2.75, 3.05) is 20.6 Å². The lowest BCUT2D eigenvalue weighted by Gasteiger charge is -2.43. The van der Waals surface area contributed by atoms with Gasteiger partial charge in [0, 0.05) is 12.6 Å². The quantitative estimate of drug-likeness (QED) is 0.858. The van der Waals surface area contributed by atoms with Gasteiger partial charge in [0.25, 0.3) is 0 Å². The Morgan fingerprint density at radius 3 is 2.56 bits per heavy atom. The van der Waals surface area contributed by atoms with Gasteiger partial charge in [0.05, 0.1) is 17.9 Å². The average molecular weight is 251 g/mol. The lowest BCUT2D eigenvalue weighted by Crippen LogP contribution is -2.52. The molecule has 1 unspecified atom stereocenters. The van der Waals surface area contributed by atoms with Crippen LogP contribution in [0, 0.1) is 0 Å². The van der Waals surface area contributed by atoms with E-state index in [1.165, 1.54) is 31.4 Å². The Hall–Kier alpha value is -0.940. The third kappa shape index (κ3) is 2.17. The molecule has 2 rings (SSSR count). The Bertz CT molecular complexity index is 378. The second-order valence-electron chi connectivity index (χ2n) is 5.48. The van der Waals surface area contributed by atoms with Crippen LogP contribution in [0.3, 0.4) is 0 Å². The van der Waals surface area contributed by atoms with Crippen molar-refractivity contribution in [3.8, 4) is 0 Å². The van der Waals surface area contributed by atoms with Crippen molar-refractivity contribution in [3.05, 3.63) is 11.9 Å². The zero-order valence-electron chi connectivity index (χ0n) is 12.0. The zero-order valence-corrected chi connectivity index (χ0v) is 12.0. The summed E-state index contributed by atoms with van der Waals surface area (Å²) in [6.07, 6.45) is 7.00. The molecule has 1 atom stereocenters. The molecule has 102 valence electrons. The molecule has 18 heavy (non-hydrogen) atoms. The van der Waals surface area contributed by atoms with Crippen LogP contribution in [0.4, 0.5) is 0 Å². The summed E-state index contributed by atoms with van der Waals surface area (Å²) >= 11 is 0. The van der Waals surface area contributed by atoms with Gasteiger partial charge in [-0.05, 0) is 33.5 Å². The SMILES string of the molecule is CCNC(c1cnnn1C)C1(N(C)C)CCCC1. The number of hydrogen-bond acceptors (Lipinski definition) is 4. The van der Waals surface area contributed by atoms with Crippen molar-refractivity contribution in [3.63, 3.8) is 0 Å². The maximum absolute atomic E-state index is 4.09. The molecule has 5 heteroatoms. The van der Waals surface area contributed by atoms with E-state index in [0.29, 0.717) is 6.04 Å². The Morgan fingerprint density at radius 2 is 2.11 bits per heavy atom. The van der Waals surface area contributed by atoms with Gasteiger partial charge in [0.1, 0.15) is 0 Å². The van der Waals surface area contributed by atoms with Crippen molar-refractivity contribution < 1.29 is 0 Å². The van der Waals surface area contributed by atoms with E-state index in [1.807, 2.05) is 17.9 Å². The summed E-state index contributed by atoms with van der Waals surface area (Å²) in [4.78, 5) is 2.39. The van der Waals surface area contributed by atoms with Crippen LogP contribution >= 0.6 is 0 Å². The highest BCUT2D eigenvalue weighted by molar-refractivity contribution is 5.14. The van der Waals surface area contributed by atoms with Crippen molar-refractivity contribution in [2.24, 2.45) is 7.05 Å². The normalized spacial score (nSPS) is 20.5. The summed E-state index contributed by atoms with van der Waals surface area (Å²) in [5.41, 5.74) is 1.39. The Morgan fingerprint density at radius 1 is 1.44 bits per heavy atom. The van der Waals surface area contributed by atoms with Crippen LogP contribution in [0.2, 0.25) is 0 Å². The molecule has 1 aliphatic carbocycles. The number of hydrogen-bond donors (Lipinski definition) is 1. The largest absolute Gasteiger partial charge is 0.307 e. The van der Waals surface area contributed by atoms with Gasteiger partial charge >= 0.3 is 0 Å². The molecule has 0 bridgehead atoms. The van der Waals surface area contributed by atoms with Gasteiger partial charge in [0.2, 0.25) is 0 Å². The van der Waals surface area contributed by atoms with Gasteiger partial charge in [-0.25, -0.2) is 0 Å². The highest BCUT2D eigenvalue weighted by Gasteiger charge is 2.44. The zero-order chi connectivity index (χ0) is 13.2. The molecule has 1 saturated carbocycles. The van der Waals surface area contributed by atoms with Crippen LogP contribution in [-0.4, -0.2) is 46.1 Å². The molecule has 0 radical (unpaired) electrons. The van der Waals surface area contributed by atoms with Gasteiger partial charge in [0.15, 0.2) is 0 Å². The predicted octanol–water partition coefficient (Wildman–Crippen LogP) is 1.34. The molecule has 1 aromatic heterocycles. The van der Waals surface area contributed by atoms with Crippen LogP contribution in [0.15, 0.2) is 6.20 Å². The summed E-state index contributed by atoms with van der Waals surface area (Å²) < 4.78 is 1.90. The number of rotatable bonds is 5. The molecular formula is C13H25N5. The van der Waals surface area contributed by atoms with Gasteiger partial charge in [-0.2, -0.15) is 0 Å². The topological polar surface area (TPSA) is 46.0 Å². The van der Waals surface area contributed by atoms with E-state index in [0.717, 1.165) is 6.54 Å². The number of nitrogens with zero attached hydrogens (tertiary/aromatic N) is 4. The van der Waals surface area contributed by atoms with Crippen LogP contribution in [-0.2, 0) is 7.05 Å². The first-order chi connectivity index (χ1) is 8.62. The molecule has 1 aromatic rings. The highest BCUT2D eigenvalue weighted by Crippen LogP contribution is 2.43. The molecule has 0 amide bonds. The molecule has 1 aliphatic rings. The van der Waals surface area contributed by atoms with Crippen molar-refractivity contribution in [1.82, 2.24) is 25.2 Å². The first kappa shape index (κ1) is 13.5. The van der Waals surface area contributed by atoms with Crippen molar-refractivity contribution in [1.29, 1.82) is 0 Å². The second kappa shape index (κ2) is 5.36. The molecule has 0 aromatic carbocycles. The Kier molecular flexibility index (Phi) is 4.02. The second-order valence-corrected chi connectivity index (χ2v) is 5.48. The fraction of sp³-hybridized carbons (Fsp3) is 0.846. The third-order valence-corrected chi connectivity index (χ3v) is 4.35. The number of nitrogens with one attached hydrogen (secondary N) is 1. The fourth-order valence-corrected chi connectivity index (χ4v) is 3.31. The first-order valence-corrected chi connectivity index (χ1v) is 6.87. The maximum atomic E-state index is 4.09. The van der Waals surface area contributed by atoms with E-state index >= 15 is 0 Å². The summed E-state index contributed by atoms with van der Waals surface area (Å²) in [7, 11) is 6.36. The minimum atomic E-state index is 0.200. The standard InChI is InChI=1S/C13H25N5/c1-5-14-12(11-10-15-16-18(11)4)13(17(2)3)8-6-7-9-13/h10,12,14H,5-9H2,1-4H3. The maximum Gasteiger partial charge on any atom is 0.0772 e. The molecule has 1 fully saturated rings. The van der Waals surface area contributed by atoms with E-state index in [-0.39, 0.29) is 5.54 Å². The van der Waals surface area contributed by atoms with Gasteiger partial charge in [-0.1, -0.05) is 25.0 Å². The Labute approximate surface area is 110 Å². The fourth-order valence-electron chi connectivity index (χ4n) is 3.31. The minimum Gasteiger partial charge on any atom is -0.307 e. The lowest BCUT2D eigenvalue weighted by molar-refractivity contribution is 0.101. The molecule has 0 spiro atoms. The highest BCUT2D eigenvalue weighted by atomic mass is 15.4. The monoisotopic (exact) mass is 251 g/mol. The van der Waals surface area contributed by atoms with Crippen LogP contribution in [0.5, 0.6) is 0 Å². The van der Waals surface area contributed by atoms with Gasteiger partial charge in [-0.15, -0.1) is 5.10 Å². The number of aromatic nitrogens is 3. The van der Waals surface area contributed by atoms with E-state index in [4.69, 9.17) is 0 Å². The summed E-state index contributed by atoms with van der Waals surface area (Å²) in [5, 5.41) is 11.8. The lowest BCUT2D eigenvalue weighted by atomic mass is 9.84. The third-order valence-electron chi connectivity index (χ3n) is 4.35. The van der Waals surface area contributed by atoms with Crippen molar-refractivity contribution in [2.45, 2.75) is 44.2 Å². The molecule has 1 N–H and O–H groups in total. The first-order valence-electron chi connectivity index (χ1n) is 6.87. The Balaban J connectivity index is 2.37. The molecule has 0 aliphatic heterocycles. The number of aryl methyl sites for hydroxylation is 1.